The maximum atomic E-state index is 13.8. The molecule has 26 heavy (non-hydrogen) atoms. The van der Waals surface area contributed by atoms with E-state index >= 15 is 0 Å². The molecule has 1 heterocycles. The van der Waals surface area contributed by atoms with Gasteiger partial charge in [0.05, 0.1) is 18.1 Å². The van der Waals surface area contributed by atoms with Crippen LogP contribution in [-0.4, -0.2) is 57.7 Å². The number of halogens is 3. The largest absolute Gasteiger partial charge is 0.351 e. The fourth-order valence-corrected chi connectivity index (χ4v) is 5.69. The lowest BCUT2D eigenvalue weighted by Gasteiger charge is -2.21. The molecule has 2 rings (SSSR count). The van der Waals surface area contributed by atoms with E-state index in [4.69, 9.17) is 0 Å². The molecule has 1 atom stereocenters. The van der Waals surface area contributed by atoms with Crippen molar-refractivity contribution in [1.29, 1.82) is 0 Å². The molecule has 0 unspecified atom stereocenters. The van der Waals surface area contributed by atoms with Gasteiger partial charge in [0, 0.05) is 12.6 Å². The van der Waals surface area contributed by atoms with Crippen LogP contribution >= 0.6 is 0 Å². The molecule has 1 fully saturated rings. The van der Waals surface area contributed by atoms with Crippen LogP contribution in [0, 0.1) is 17.5 Å². The van der Waals surface area contributed by atoms with E-state index in [1.165, 1.54) is 6.92 Å². The Morgan fingerprint density at radius 2 is 1.92 bits per heavy atom. The molecule has 0 radical (unpaired) electrons. The van der Waals surface area contributed by atoms with Gasteiger partial charge in [0.1, 0.15) is 4.90 Å². The number of hydrogen-bond donors (Lipinski definition) is 1. The predicted molar refractivity (Wildman–Crippen MR) is 86.0 cm³/mol. The zero-order chi connectivity index (χ0) is 19.7. The maximum absolute atomic E-state index is 13.8. The maximum Gasteiger partial charge on any atom is 0.246 e. The standard InChI is InChI=1S/C14H17F3N2O5S2/c1-2-19(7-12(20)18-9-5-6-25(21,22)8-9)26(23,24)11-4-3-10(15)13(16)14(11)17/h3-4,9H,2,5-8H2,1H3,(H,18,20)/t9-/m0/s1. The number of nitrogens with one attached hydrogen (secondary N) is 1. The molecule has 0 bridgehead atoms. The highest BCUT2D eigenvalue weighted by molar-refractivity contribution is 7.91. The monoisotopic (exact) mass is 414 g/mol. The minimum absolute atomic E-state index is 0.0756. The quantitative estimate of drug-likeness (QED) is 0.680. The van der Waals surface area contributed by atoms with Gasteiger partial charge in [-0.25, -0.2) is 30.0 Å². The first-order chi connectivity index (χ1) is 12.0. The molecule has 146 valence electrons. The van der Waals surface area contributed by atoms with Crippen LogP contribution in [0.25, 0.3) is 0 Å². The fourth-order valence-electron chi connectivity index (χ4n) is 2.56. The minimum Gasteiger partial charge on any atom is -0.351 e. The highest BCUT2D eigenvalue weighted by atomic mass is 32.2. The van der Waals surface area contributed by atoms with Gasteiger partial charge in [-0.2, -0.15) is 4.31 Å². The van der Waals surface area contributed by atoms with E-state index in [2.05, 4.69) is 5.32 Å². The Labute approximate surface area is 149 Å². The number of nitrogens with zero attached hydrogens (tertiary/aromatic N) is 1. The van der Waals surface area contributed by atoms with E-state index in [1.54, 1.807) is 0 Å². The van der Waals surface area contributed by atoms with Gasteiger partial charge in [-0.3, -0.25) is 4.79 Å². The molecule has 0 aromatic heterocycles. The topological polar surface area (TPSA) is 101 Å². The van der Waals surface area contributed by atoms with Gasteiger partial charge >= 0.3 is 0 Å². The van der Waals surface area contributed by atoms with Crippen molar-refractivity contribution in [3.05, 3.63) is 29.6 Å². The number of carbonyl (C=O) groups excluding carboxylic acids is 1. The van der Waals surface area contributed by atoms with Crippen LogP contribution in [-0.2, 0) is 24.7 Å². The van der Waals surface area contributed by atoms with E-state index in [0.717, 1.165) is 0 Å². The highest BCUT2D eigenvalue weighted by Crippen LogP contribution is 2.23. The summed E-state index contributed by atoms with van der Waals surface area (Å²) in [5.41, 5.74) is 0. The summed E-state index contributed by atoms with van der Waals surface area (Å²) in [5, 5.41) is 2.41. The van der Waals surface area contributed by atoms with Crippen molar-refractivity contribution >= 4 is 25.8 Å². The Kier molecular flexibility index (Phi) is 5.98. The molecular weight excluding hydrogens is 397 g/mol. The first-order valence-corrected chi connectivity index (χ1v) is 10.9. The molecule has 1 amide bonds. The van der Waals surface area contributed by atoms with Crippen LogP contribution in [0.3, 0.4) is 0 Å². The number of carbonyl (C=O) groups is 1. The molecule has 1 aromatic rings. The lowest BCUT2D eigenvalue weighted by atomic mass is 10.2. The molecule has 1 N–H and O–H groups in total. The predicted octanol–water partition coefficient (Wildman–Crippen LogP) is 0.418. The third-order valence-electron chi connectivity index (χ3n) is 3.89. The van der Waals surface area contributed by atoms with Gasteiger partial charge in [0.25, 0.3) is 0 Å². The van der Waals surface area contributed by atoms with Crippen molar-refractivity contribution in [2.45, 2.75) is 24.3 Å². The zero-order valence-electron chi connectivity index (χ0n) is 13.7. The lowest BCUT2D eigenvalue weighted by Crippen LogP contribution is -2.44. The summed E-state index contributed by atoms with van der Waals surface area (Å²) < 4.78 is 88.4. The van der Waals surface area contributed by atoms with Gasteiger partial charge in [0.2, 0.25) is 15.9 Å². The average Bonchev–Trinajstić information content (AvgIpc) is 2.88. The van der Waals surface area contributed by atoms with Crippen molar-refractivity contribution in [3.63, 3.8) is 0 Å². The van der Waals surface area contributed by atoms with E-state index < -0.39 is 60.7 Å². The second-order valence-electron chi connectivity index (χ2n) is 5.77. The van der Waals surface area contributed by atoms with Crippen LogP contribution < -0.4 is 5.32 Å². The Morgan fingerprint density at radius 3 is 2.46 bits per heavy atom. The van der Waals surface area contributed by atoms with Gasteiger partial charge in [0.15, 0.2) is 27.3 Å². The molecular formula is C14H17F3N2O5S2. The van der Waals surface area contributed by atoms with Crippen LogP contribution in [0.4, 0.5) is 13.2 Å². The smallest absolute Gasteiger partial charge is 0.246 e. The van der Waals surface area contributed by atoms with Gasteiger partial charge < -0.3 is 5.32 Å². The molecule has 0 spiro atoms. The zero-order valence-corrected chi connectivity index (χ0v) is 15.3. The third kappa shape index (κ3) is 4.35. The molecule has 1 saturated heterocycles. The Bertz CT molecular complexity index is 919. The molecule has 1 aliphatic heterocycles. The molecule has 7 nitrogen and oxygen atoms in total. The van der Waals surface area contributed by atoms with Crippen molar-refractivity contribution in [2.24, 2.45) is 0 Å². The summed E-state index contributed by atoms with van der Waals surface area (Å²) in [7, 11) is -7.83. The second-order valence-corrected chi connectivity index (χ2v) is 9.91. The summed E-state index contributed by atoms with van der Waals surface area (Å²) >= 11 is 0. The van der Waals surface area contributed by atoms with Crippen LogP contribution in [0.15, 0.2) is 17.0 Å². The molecule has 1 aliphatic rings. The number of likely N-dealkylation sites (N-methyl/N-ethyl adjacent to an activating group) is 1. The Hall–Kier alpha value is -1.66. The van der Waals surface area contributed by atoms with E-state index in [0.29, 0.717) is 16.4 Å². The fraction of sp³-hybridized carbons (Fsp3) is 0.500. The number of rotatable bonds is 6. The highest BCUT2D eigenvalue weighted by Gasteiger charge is 2.33. The summed E-state index contributed by atoms with van der Waals surface area (Å²) in [6.07, 6.45) is 0.213. The van der Waals surface area contributed by atoms with E-state index in [9.17, 15) is 34.8 Å². The number of hydrogen-bond acceptors (Lipinski definition) is 5. The summed E-state index contributed by atoms with van der Waals surface area (Å²) in [6, 6.07) is 0.421. The summed E-state index contributed by atoms with van der Waals surface area (Å²) in [4.78, 5) is 10.9. The lowest BCUT2D eigenvalue weighted by molar-refractivity contribution is -0.121. The van der Waals surface area contributed by atoms with Crippen molar-refractivity contribution in [3.8, 4) is 0 Å². The SMILES string of the molecule is CCN(CC(=O)N[C@H]1CCS(=O)(=O)C1)S(=O)(=O)c1ccc(F)c(F)c1F. The average molecular weight is 414 g/mol. The summed E-state index contributed by atoms with van der Waals surface area (Å²) in [6.45, 7) is 0.424. The van der Waals surface area contributed by atoms with Crippen LogP contribution in [0.1, 0.15) is 13.3 Å². The van der Waals surface area contributed by atoms with Crippen molar-refractivity contribution in [1.82, 2.24) is 9.62 Å². The normalized spacial score (nSPS) is 19.7. The second kappa shape index (κ2) is 7.53. The number of amides is 1. The van der Waals surface area contributed by atoms with Crippen LogP contribution in [0.2, 0.25) is 0 Å². The third-order valence-corrected chi connectivity index (χ3v) is 7.59. The number of sulfone groups is 1. The summed E-state index contributed by atoms with van der Waals surface area (Å²) in [5.74, 6) is -6.43. The van der Waals surface area contributed by atoms with Gasteiger partial charge in [-0.15, -0.1) is 0 Å². The van der Waals surface area contributed by atoms with Crippen LogP contribution in [0.5, 0.6) is 0 Å². The van der Waals surface area contributed by atoms with Gasteiger partial charge in [-0.1, -0.05) is 6.92 Å². The minimum atomic E-state index is -4.60. The van der Waals surface area contributed by atoms with Gasteiger partial charge in [-0.05, 0) is 18.6 Å². The number of benzene rings is 1. The Balaban J connectivity index is 2.17. The first-order valence-electron chi connectivity index (χ1n) is 7.61. The van der Waals surface area contributed by atoms with Crippen molar-refractivity contribution < 1.29 is 34.8 Å². The molecule has 12 heteroatoms. The molecule has 1 aromatic carbocycles. The van der Waals surface area contributed by atoms with E-state index in [-0.39, 0.29) is 24.5 Å². The first kappa shape index (κ1) is 20.6. The molecule has 0 saturated carbocycles. The van der Waals surface area contributed by atoms with E-state index in [1.807, 2.05) is 0 Å². The number of sulfonamides is 1. The molecule has 0 aliphatic carbocycles. The van der Waals surface area contributed by atoms with Crippen molar-refractivity contribution in [2.75, 3.05) is 24.6 Å². The Morgan fingerprint density at radius 1 is 1.27 bits per heavy atom.